The molecule has 1 aliphatic carbocycles. The van der Waals surface area contributed by atoms with E-state index < -0.39 is 0 Å². The molecule has 84 valence electrons. The van der Waals surface area contributed by atoms with Crippen LogP contribution in [0.3, 0.4) is 0 Å². The third-order valence-corrected chi connectivity index (χ3v) is 4.37. The maximum absolute atomic E-state index is 5.73. The van der Waals surface area contributed by atoms with Crippen molar-refractivity contribution in [1.29, 1.82) is 0 Å². The topological polar surface area (TPSA) is 22.4 Å². The fraction of sp³-hybridized carbons (Fsp3) is 0.667. The summed E-state index contributed by atoms with van der Waals surface area (Å²) in [4.78, 5) is 0. The number of hydrogen-bond donors (Lipinski definition) is 0. The van der Waals surface area contributed by atoms with E-state index in [9.17, 15) is 0 Å². The Labute approximate surface area is 99.1 Å². The summed E-state index contributed by atoms with van der Waals surface area (Å²) in [6, 6.07) is 3.85. The third-order valence-electron chi connectivity index (χ3n) is 3.18. The molecule has 2 rings (SSSR count). The summed E-state index contributed by atoms with van der Waals surface area (Å²) in [7, 11) is 0. The van der Waals surface area contributed by atoms with Crippen LogP contribution in [0.15, 0.2) is 22.8 Å². The minimum absolute atomic E-state index is 0.382. The molecule has 0 amide bonds. The SMILES string of the molecule is BrCC1(COCc2ccco2)CCCC1. The molecule has 1 heterocycles. The van der Waals surface area contributed by atoms with Gasteiger partial charge in [0.2, 0.25) is 0 Å². The zero-order chi connectivity index (χ0) is 10.6. The van der Waals surface area contributed by atoms with Crippen molar-refractivity contribution in [2.75, 3.05) is 11.9 Å². The van der Waals surface area contributed by atoms with Crippen LogP contribution < -0.4 is 0 Å². The molecule has 15 heavy (non-hydrogen) atoms. The smallest absolute Gasteiger partial charge is 0.129 e. The van der Waals surface area contributed by atoms with E-state index in [1.807, 2.05) is 12.1 Å². The molecular formula is C12H17BrO2. The summed E-state index contributed by atoms with van der Waals surface area (Å²) in [5.41, 5.74) is 0.382. The minimum atomic E-state index is 0.382. The fourth-order valence-corrected chi connectivity index (χ4v) is 2.93. The Balaban J connectivity index is 1.77. The van der Waals surface area contributed by atoms with Gasteiger partial charge in [-0.1, -0.05) is 28.8 Å². The number of hydrogen-bond acceptors (Lipinski definition) is 2. The molecule has 0 bridgehead atoms. The van der Waals surface area contributed by atoms with Crippen molar-refractivity contribution in [1.82, 2.24) is 0 Å². The predicted octanol–water partition coefficient (Wildman–Crippen LogP) is 3.75. The average molecular weight is 273 g/mol. The first-order chi connectivity index (χ1) is 7.35. The van der Waals surface area contributed by atoms with Crippen LogP contribution in [0.25, 0.3) is 0 Å². The standard InChI is InChI=1S/C12H17BrO2/c13-9-12(5-1-2-6-12)10-14-8-11-4-3-7-15-11/h3-4,7H,1-2,5-6,8-10H2. The second kappa shape index (κ2) is 5.17. The van der Waals surface area contributed by atoms with E-state index in [2.05, 4.69) is 15.9 Å². The van der Waals surface area contributed by atoms with Gasteiger partial charge >= 0.3 is 0 Å². The molecule has 3 heteroatoms. The van der Waals surface area contributed by atoms with Crippen molar-refractivity contribution in [3.8, 4) is 0 Å². The lowest BCUT2D eigenvalue weighted by Crippen LogP contribution is -2.25. The lowest BCUT2D eigenvalue weighted by atomic mass is 9.90. The molecule has 0 spiro atoms. The molecule has 1 saturated carbocycles. The maximum Gasteiger partial charge on any atom is 0.129 e. The summed E-state index contributed by atoms with van der Waals surface area (Å²) in [6.07, 6.45) is 6.95. The number of furan rings is 1. The van der Waals surface area contributed by atoms with Gasteiger partial charge in [0.1, 0.15) is 12.4 Å². The van der Waals surface area contributed by atoms with Crippen molar-refractivity contribution < 1.29 is 9.15 Å². The fourth-order valence-electron chi connectivity index (χ4n) is 2.20. The molecular weight excluding hydrogens is 256 g/mol. The second-order valence-electron chi connectivity index (χ2n) is 4.41. The van der Waals surface area contributed by atoms with Crippen LogP contribution in [-0.4, -0.2) is 11.9 Å². The monoisotopic (exact) mass is 272 g/mol. The molecule has 0 atom stereocenters. The highest BCUT2D eigenvalue weighted by molar-refractivity contribution is 9.09. The van der Waals surface area contributed by atoms with Gasteiger partial charge in [0.25, 0.3) is 0 Å². The van der Waals surface area contributed by atoms with E-state index in [-0.39, 0.29) is 0 Å². The van der Waals surface area contributed by atoms with Gasteiger partial charge in [-0.05, 0) is 25.0 Å². The van der Waals surface area contributed by atoms with Crippen LogP contribution in [0, 0.1) is 5.41 Å². The van der Waals surface area contributed by atoms with Gasteiger partial charge in [-0.2, -0.15) is 0 Å². The number of halogens is 1. The molecule has 2 nitrogen and oxygen atoms in total. The van der Waals surface area contributed by atoms with Crippen molar-refractivity contribution in [2.24, 2.45) is 5.41 Å². The van der Waals surface area contributed by atoms with Crippen LogP contribution in [0.4, 0.5) is 0 Å². The number of alkyl halides is 1. The molecule has 1 fully saturated rings. The summed E-state index contributed by atoms with van der Waals surface area (Å²) >= 11 is 3.61. The van der Waals surface area contributed by atoms with E-state index in [4.69, 9.17) is 9.15 Å². The number of rotatable bonds is 5. The molecule has 1 aliphatic rings. The van der Waals surface area contributed by atoms with Crippen LogP contribution in [-0.2, 0) is 11.3 Å². The highest BCUT2D eigenvalue weighted by Crippen LogP contribution is 2.39. The highest BCUT2D eigenvalue weighted by atomic mass is 79.9. The average Bonchev–Trinajstić information content (AvgIpc) is 2.89. The Hall–Kier alpha value is -0.280. The highest BCUT2D eigenvalue weighted by Gasteiger charge is 2.32. The Morgan fingerprint density at radius 2 is 2.20 bits per heavy atom. The summed E-state index contributed by atoms with van der Waals surface area (Å²) < 4.78 is 11.0. The molecule has 0 radical (unpaired) electrons. The predicted molar refractivity (Wildman–Crippen MR) is 63.1 cm³/mol. The quantitative estimate of drug-likeness (QED) is 0.762. The molecule has 0 aromatic carbocycles. The van der Waals surface area contributed by atoms with Crippen LogP contribution >= 0.6 is 15.9 Å². The van der Waals surface area contributed by atoms with Gasteiger partial charge in [0, 0.05) is 10.7 Å². The van der Waals surface area contributed by atoms with Gasteiger partial charge in [-0.25, -0.2) is 0 Å². The summed E-state index contributed by atoms with van der Waals surface area (Å²) in [6.45, 7) is 1.45. The van der Waals surface area contributed by atoms with Gasteiger partial charge in [-0.15, -0.1) is 0 Å². The Bertz CT molecular complexity index is 276. The first-order valence-corrected chi connectivity index (χ1v) is 6.63. The van der Waals surface area contributed by atoms with Crippen molar-refractivity contribution in [2.45, 2.75) is 32.3 Å². The molecule has 1 aromatic heterocycles. The minimum Gasteiger partial charge on any atom is -0.467 e. The van der Waals surface area contributed by atoms with Crippen molar-refractivity contribution in [3.63, 3.8) is 0 Å². The Kier molecular flexibility index (Phi) is 3.87. The van der Waals surface area contributed by atoms with Crippen LogP contribution in [0.1, 0.15) is 31.4 Å². The lowest BCUT2D eigenvalue weighted by Gasteiger charge is -2.25. The molecule has 1 aromatic rings. The Morgan fingerprint density at radius 3 is 2.80 bits per heavy atom. The molecule has 0 aliphatic heterocycles. The Morgan fingerprint density at radius 1 is 1.40 bits per heavy atom. The van der Waals surface area contributed by atoms with Crippen LogP contribution in [0.2, 0.25) is 0 Å². The molecule has 0 N–H and O–H groups in total. The first kappa shape index (κ1) is 11.2. The molecule has 0 unspecified atom stereocenters. The summed E-state index contributed by atoms with van der Waals surface area (Å²) in [5, 5.41) is 1.05. The zero-order valence-corrected chi connectivity index (χ0v) is 10.5. The van der Waals surface area contributed by atoms with E-state index in [1.165, 1.54) is 25.7 Å². The summed E-state index contributed by atoms with van der Waals surface area (Å²) in [5.74, 6) is 0.915. The van der Waals surface area contributed by atoms with E-state index in [0.717, 1.165) is 17.7 Å². The van der Waals surface area contributed by atoms with Gasteiger partial charge < -0.3 is 9.15 Å². The van der Waals surface area contributed by atoms with Crippen molar-refractivity contribution in [3.05, 3.63) is 24.2 Å². The maximum atomic E-state index is 5.73. The van der Waals surface area contributed by atoms with Gasteiger partial charge in [0.15, 0.2) is 0 Å². The third kappa shape index (κ3) is 2.85. The van der Waals surface area contributed by atoms with Gasteiger partial charge in [-0.3, -0.25) is 0 Å². The van der Waals surface area contributed by atoms with Crippen molar-refractivity contribution >= 4 is 15.9 Å². The zero-order valence-electron chi connectivity index (χ0n) is 8.88. The van der Waals surface area contributed by atoms with E-state index >= 15 is 0 Å². The lowest BCUT2D eigenvalue weighted by molar-refractivity contribution is 0.0400. The largest absolute Gasteiger partial charge is 0.467 e. The van der Waals surface area contributed by atoms with E-state index in [1.54, 1.807) is 6.26 Å². The molecule has 0 saturated heterocycles. The normalized spacial score (nSPS) is 19.5. The second-order valence-corrected chi connectivity index (χ2v) is 4.97. The van der Waals surface area contributed by atoms with Crippen LogP contribution in [0.5, 0.6) is 0 Å². The first-order valence-electron chi connectivity index (χ1n) is 5.51. The number of ether oxygens (including phenoxy) is 1. The van der Waals surface area contributed by atoms with E-state index in [0.29, 0.717) is 12.0 Å². The van der Waals surface area contributed by atoms with Gasteiger partial charge in [0.05, 0.1) is 12.9 Å².